The lowest BCUT2D eigenvalue weighted by atomic mass is 10.1. The van der Waals surface area contributed by atoms with E-state index in [0.717, 1.165) is 24.1 Å². The molecule has 1 saturated carbocycles. The van der Waals surface area contributed by atoms with Gasteiger partial charge in [-0.1, -0.05) is 25.0 Å². The molecule has 0 aliphatic heterocycles. The summed E-state index contributed by atoms with van der Waals surface area (Å²) in [6.07, 6.45) is 6.28. The molecule has 33 heavy (non-hydrogen) atoms. The van der Waals surface area contributed by atoms with Crippen molar-refractivity contribution in [2.75, 3.05) is 12.4 Å². The number of hydrogen-bond acceptors (Lipinski definition) is 4. The predicted octanol–water partition coefficient (Wildman–Crippen LogP) is 6.33. The van der Waals surface area contributed by atoms with Gasteiger partial charge in [-0.15, -0.1) is 0 Å². The number of anilines is 1. The lowest BCUT2D eigenvalue weighted by Crippen LogP contribution is -2.11. The van der Waals surface area contributed by atoms with Gasteiger partial charge >= 0.3 is 0 Å². The lowest BCUT2D eigenvalue weighted by Gasteiger charge is -2.15. The van der Waals surface area contributed by atoms with Crippen LogP contribution in [-0.4, -0.2) is 22.6 Å². The number of halogens is 1. The van der Waals surface area contributed by atoms with Crippen molar-refractivity contribution in [2.45, 2.75) is 31.7 Å². The number of hydrogen-bond donors (Lipinski definition) is 1. The predicted molar refractivity (Wildman–Crippen MR) is 124 cm³/mol. The molecule has 2 aromatic carbocycles. The van der Waals surface area contributed by atoms with E-state index in [0.29, 0.717) is 28.9 Å². The average Bonchev–Trinajstić information content (AvgIpc) is 3.59. The molecule has 5 rings (SSSR count). The molecule has 1 aliphatic carbocycles. The van der Waals surface area contributed by atoms with Crippen LogP contribution in [0.25, 0.3) is 22.7 Å². The number of nitrogens with one attached hydrogen (secondary N) is 1. The van der Waals surface area contributed by atoms with Crippen LogP contribution in [0.5, 0.6) is 5.75 Å². The fraction of sp³-hybridized carbons (Fsp3) is 0.231. The second kappa shape index (κ2) is 8.94. The van der Waals surface area contributed by atoms with Crippen molar-refractivity contribution in [3.63, 3.8) is 0 Å². The van der Waals surface area contributed by atoms with Crippen molar-refractivity contribution >= 4 is 11.6 Å². The number of imidazole rings is 1. The molecule has 2 aromatic heterocycles. The van der Waals surface area contributed by atoms with E-state index in [1.54, 1.807) is 43.5 Å². The van der Waals surface area contributed by atoms with Crippen molar-refractivity contribution in [3.8, 4) is 28.5 Å². The molecule has 1 fully saturated rings. The molecule has 4 aromatic rings. The summed E-state index contributed by atoms with van der Waals surface area (Å²) in [6.45, 7) is 0. The first kappa shape index (κ1) is 21.0. The van der Waals surface area contributed by atoms with Crippen molar-refractivity contribution in [3.05, 3.63) is 78.6 Å². The number of carbonyl (C=O) groups excluding carboxylic acids is 1. The molecule has 0 saturated heterocycles. The number of carbonyl (C=O) groups is 1. The van der Waals surface area contributed by atoms with Gasteiger partial charge in [-0.05, 0) is 61.4 Å². The summed E-state index contributed by atoms with van der Waals surface area (Å²) in [6, 6.07) is 17.2. The van der Waals surface area contributed by atoms with Gasteiger partial charge in [0.25, 0.3) is 5.91 Å². The van der Waals surface area contributed by atoms with Crippen LogP contribution in [0.2, 0.25) is 0 Å². The number of rotatable bonds is 6. The molecule has 6 nitrogen and oxygen atoms in total. The maximum absolute atomic E-state index is 13.5. The molecule has 0 spiro atoms. The summed E-state index contributed by atoms with van der Waals surface area (Å²) in [4.78, 5) is 17.5. The number of benzene rings is 2. The molecule has 7 heteroatoms. The summed E-state index contributed by atoms with van der Waals surface area (Å²) < 4.78 is 27.0. The molecular weight excluding hydrogens is 421 g/mol. The van der Waals surface area contributed by atoms with E-state index in [1.165, 1.54) is 25.0 Å². The summed E-state index contributed by atoms with van der Waals surface area (Å²) >= 11 is 0. The van der Waals surface area contributed by atoms with Gasteiger partial charge in [0.2, 0.25) is 0 Å². The van der Waals surface area contributed by atoms with Crippen LogP contribution in [0.3, 0.4) is 0 Å². The fourth-order valence-corrected chi connectivity index (χ4v) is 4.40. The highest BCUT2D eigenvalue weighted by Crippen LogP contribution is 2.39. The number of nitrogens with zero attached hydrogens (tertiary/aromatic N) is 2. The Hall–Kier alpha value is -3.87. The first-order valence-electron chi connectivity index (χ1n) is 11.0. The highest BCUT2D eigenvalue weighted by molar-refractivity contribution is 6.03. The minimum Gasteiger partial charge on any atom is -0.495 e. The Morgan fingerprint density at radius 3 is 2.61 bits per heavy atom. The lowest BCUT2D eigenvalue weighted by molar-refractivity contribution is 0.0997. The third-order valence-corrected chi connectivity index (χ3v) is 6.05. The van der Waals surface area contributed by atoms with Gasteiger partial charge in [0.15, 0.2) is 11.5 Å². The molecule has 0 unspecified atom stereocenters. The van der Waals surface area contributed by atoms with Crippen LogP contribution >= 0.6 is 0 Å². The Morgan fingerprint density at radius 1 is 1.09 bits per heavy atom. The molecule has 2 heterocycles. The van der Waals surface area contributed by atoms with Gasteiger partial charge in [0, 0.05) is 11.6 Å². The number of furan rings is 1. The largest absolute Gasteiger partial charge is 0.495 e. The zero-order valence-electron chi connectivity index (χ0n) is 18.3. The summed E-state index contributed by atoms with van der Waals surface area (Å²) in [5, 5.41) is 2.84. The van der Waals surface area contributed by atoms with Crippen LogP contribution < -0.4 is 10.1 Å². The molecule has 0 bridgehead atoms. The minimum absolute atomic E-state index is 0.181. The highest BCUT2D eigenvalue weighted by atomic mass is 19.1. The van der Waals surface area contributed by atoms with Crippen LogP contribution in [0.4, 0.5) is 10.1 Å². The summed E-state index contributed by atoms with van der Waals surface area (Å²) in [7, 11) is 1.55. The van der Waals surface area contributed by atoms with Crippen molar-refractivity contribution in [1.29, 1.82) is 0 Å². The highest BCUT2D eigenvalue weighted by Gasteiger charge is 2.26. The first-order valence-corrected chi connectivity index (χ1v) is 11.0. The van der Waals surface area contributed by atoms with Gasteiger partial charge in [-0.25, -0.2) is 9.37 Å². The standard InChI is InChI=1S/C26H24FN3O3/c1-32-21-9-5-4-8-20(21)29-26(31)23-15-14-22(33-23)25-24(17-10-12-18(27)13-11-17)28-16-30(25)19-6-2-3-7-19/h4-5,8-16,19H,2-3,6-7H2,1H3,(H,29,31). The normalized spacial score (nSPS) is 13.9. The van der Waals surface area contributed by atoms with Gasteiger partial charge < -0.3 is 19.0 Å². The number of amides is 1. The topological polar surface area (TPSA) is 69.3 Å². The smallest absolute Gasteiger partial charge is 0.291 e. The molecule has 1 amide bonds. The molecule has 168 valence electrons. The van der Waals surface area contributed by atoms with Crippen LogP contribution in [-0.2, 0) is 0 Å². The molecule has 1 N–H and O–H groups in total. The van der Waals surface area contributed by atoms with Gasteiger partial charge in [0.1, 0.15) is 17.3 Å². The van der Waals surface area contributed by atoms with E-state index in [9.17, 15) is 9.18 Å². The Morgan fingerprint density at radius 2 is 1.85 bits per heavy atom. The van der Waals surface area contributed by atoms with Gasteiger partial charge in [0.05, 0.1) is 24.8 Å². The van der Waals surface area contributed by atoms with Crippen LogP contribution in [0, 0.1) is 5.82 Å². The summed E-state index contributed by atoms with van der Waals surface area (Å²) in [5.74, 6) is 0.615. The number of para-hydroxylation sites is 2. The SMILES string of the molecule is COc1ccccc1NC(=O)c1ccc(-c2c(-c3ccc(F)cc3)ncn2C2CCCC2)o1. The Bertz CT molecular complexity index is 1270. The summed E-state index contributed by atoms with van der Waals surface area (Å²) in [5.41, 5.74) is 2.85. The zero-order valence-corrected chi connectivity index (χ0v) is 18.3. The van der Waals surface area contributed by atoms with Gasteiger partial charge in [-0.2, -0.15) is 0 Å². The molecule has 1 aliphatic rings. The monoisotopic (exact) mass is 445 g/mol. The molecular formula is C26H24FN3O3. The van der Waals surface area contributed by atoms with Crippen molar-refractivity contribution in [2.24, 2.45) is 0 Å². The van der Waals surface area contributed by atoms with E-state index in [-0.39, 0.29) is 17.5 Å². The van der Waals surface area contributed by atoms with Crippen LogP contribution in [0.15, 0.2) is 71.4 Å². The number of methoxy groups -OCH3 is 1. The maximum atomic E-state index is 13.5. The van der Waals surface area contributed by atoms with Gasteiger partial charge in [-0.3, -0.25) is 4.79 Å². The Balaban J connectivity index is 1.50. The zero-order chi connectivity index (χ0) is 22.8. The quantitative estimate of drug-likeness (QED) is 0.377. The number of aromatic nitrogens is 2. The number of ether oxygens (including phenoxy) is 1. The van der Waals surface area contributed by atoms with E-state index in [2.05, 4.69) is 14.9 Å². The molecule has 0 radical (unpaired) electrons. The average molecular weight is 445 g/mol. The van der Waals surface area contributed by atoms with E-state index >= 15 is 0 Å². The van der Waals surface area contributed by atoms with Crippen molar-refractivity contribution < 1.29 is 18.3 Å². The Kier molecular flexibility index (Phi) is 5.69. The fourth-order valence-electron chi connectivity index (χ4n) is 4.40. The third kappa shape index (κ3) is 4.14. The third-order valence-electron chi connectivity index (χ3n) is 6.05. The Labute approximate surface area is 191 Å². The van der Waals surface area contributed by atoms with E-state index in [1.807, 2.05) is 18.5 Å². The van der Waals surface area contributed by atoms with E-state index in [4.69, 9.17) is 9.15 Å². The van der Waals surface area contributed by atoms with E-state index < -0.39 is 0 Å². The first-order chi connectivity index (χ1) is 16.1. The minimum atomic E-state index is -0.374. The maximum Gasteiger partial charge on any atom is 0.291 e. The van der Waals surface area contributed by atoms with Crippen LogP contribution in [0.1, 0.15) is 42.3 Å². The second-order valence-electron chi connectivity index (χ2n) is 8.11. The second-order valence-corrected chi connectivity index (χ2v) is 8.11. The molecule has 0 atom stereocenters. The van der Waals surface area contributed by atoms with Crippen molar-refractivity contribution in [1.82, 2.24) is 9.55 Å².